The van der Waals surface area contributed by atoms with Crippen LogP contribution in [0.5, 0.6) is 11.5 Å². The second kappa shape index (κ2) is 8.07. The van der Waals surface area contributed by atoms with Gasteiger partial charge in [-0.25, -0.2) is 0 Å². The number of morpholine rings is 1. The van der Waals surface area contributed by atoms with Crippen molar-refractivity contribution in [2.24, 2.45) is 0 Å². The molecular formula is C24H24N2O5. The highest BCUT2D eigenvalue weighted by molar-refractivity contribution is 5.91. The number of hydrogen-bond donors (Lipinski definition) is 0. The summed E-state index contributed by atoms with van der Waals surface area (Å²) >= 11 is 0. The first-order chi connectivity index (χ1) is 15.1. The standard InChI is InChI=1S/C24H24N2O5/c1-15(2)18-11-21(31-25-18)24(27)26-12-22(16-6-4-3-5-7-16)30-23(13-26)17-8-9-19-20(10-17)29-14-28-19/h3-11,15,22-23H,12-14H2,1-2H3/t22-,23+/m0/s1. The third-order valence-electron chi connectivity index (χ3n) is 5.66. The van der Waals surface area contributed by atoms with Crippen molar-refractivity contribution < 1.29 is 23.5 Å². The minimum absolute atomic E-state index is 0.186. The molecule has 0 N–H and O–H groups in total. The van der Waals surface area contributed by atoms with Gasteiger partial charge in [-0.05, 0) is 29.2 Å². The van der Waals surface area contributed by atoms with Gasteiger partial charge in [-0.2, -0.15) is 0 Å². The molecule has 7 nitrogen and oxygen atoms in total. The van der Waals surface area contributed by atoms with Crippen LogP contribution in [0, 0.1) is 0 Å². The minimum Gasteiger partial charge on any atom is -0.454 e. The number of carbonyl (C=O) groups excluding carboxylic acids is 1. The summed E-state index contributed by atoms with van der Waals surface area (Å²) in [7, 11) is 0. The molecular weight excluding hydrogens is 396 g/mol. The number of rotatable bonds is 4. The molecule has 3 heterocycles. The number of hydrogen-bond acceptors (Lipinski definition) is 6. The number of nitrogens with zero attached hydrogens (tertiary/aromatic N) is 2. The molecule has 0 aliphatic carbocycles. The molecule has 160 valence electrons. The summed E-state index contributed by atoms with van der Waals surface area (Å²) in [6.45, 7) is 5.08. The summed E-state index contributed by atoms with van der Waals surface area (Å²) < 4.78 is 22.8. The summed E-state index contributed by atoms with van der Waals surface area (Å²) in [5.74, 6) is 1.66. The molecule has 1 saturated heterocycles. The van der Waals surface area contributed by atoms with Crippen LogP contribution in [0.2, 0.25) is 0 Å². The number of fused-ring (bicyclic) bond motifs is 1. The Labute approximate surface area is 180 Å². The Morgan fingerprint density at radius 3 is 2.45 bits per heavy atom. The number of aromatic nitrogens is 1. The van der Waals surface area contributed by atoms with E-state index in [1.54, 1.807) is 11.0 Å². The van der Waals surface area contributed by atoms with Crippen LogP contribution < -0.4 is 9.47 Å². The molecule has 2 aliphatic rings. The lowest BCUT2D eigenvalue weighted by molar-refractivity contribution is -0.0803. The average Bonchev–Trinajstić information content (AvgIpc) is 3.48. The first kappa shape index (κ1) is 19.6. The number of carbonyl (C=O) groups is 1. The van der Waals surface area contributed by atoms with Gasteiger partial charge in [-0.1, -0.05) is 55.4 Å². The number of amides is 1. The Balaban J connectivity index is 1.45. The predicted molar refractivity (Wildman–Crippen MR) is 112 cm³/mol. The van der Waals surface area contributed by atoms with Crippen molar-refractivity contribution in [3.8, 4) is 11.5 Å². The second-order valence-electron chi connectivity index (χ2n) is 8.12. The lowest BCUT2D eigenvalue weighted by atomic mass is 10.0. The molecule has 1 amide bonds. The van der Waals surface area contributed by atoms with Gasteiger partial charge in [0.15, 0.2) is 11.5 Å². The van der Waals surface area contributed by atoms with Crippen LogP contribution >= 0.6 is 0 Å². The zero-order valence-electron chi connectivity index (χ0n) is 17.5. The summed E-state index contributed by atoms with van der Waals surface area (Å²) in [6.07, 6.45) is -0.577. The van der Waals surface area contributed by atoms with Crippen LogP contribution in [0.4, 0.5) is 0 Å². The highest BCUT2D eigenvalue weighted by Gasteiger charge is 2.35. The molecule has 2 aromatic carbocycles. The van der Waals surface area contributed by atoms with Crippen molar-refractivity contribution >= 4 is 5.91 Å². The van der Waals surface area contributed by atoms with Gasteiger partial charge in [-0.15, -0.1) is 0 Å². The van der Waals surface area contributed by atoms with E-state index in [0.29, 0.717) is 18.8 Å². The van der Waals surface area contributed by atoms with E-state index in [4.69, 9.17) is 18.7 Å². The molecule has 0 bridgehead atoms. The maximum atomic E-state index is 13.3. The molecule has 2 atom stereocenters. The summed E-state index contributed by atoms with van der Waals surface area (Å²) in [4.78, 5) is 15.0. The Kier molecular flexibility index (Phi) is 5.11. The van der Waals surface area contributed by atoms with Crippen molar-refractivity contribution in [1.82, 2.24) is 10.1 Å². The molecule has 3 aromatic rings. The molecule has 31 heavy (non-hydrogen) atoms. The van der Waals surface area contributed by atoms with E-state index in [9.17, 15) is 4.79 Å². The summed E-state index contributed by atoms with van der Waals surface area (Å²) in [5, 5.41) is 4.04. The highest BCUT2D eigenvalue weighted by Crippen LogP contribution is 2.39. The molecule has 0 unspecified atom stereocenters. The van der Waals surface area contributed by atoms with Gasteiger partial charge < -0.3 is 23.6 Å². The summed E-state index contributed by atoms with van der Waals surface area (Å²) in [5.41, 5.74) is 2.72. The second-order valence-corrected chi connectivity index (χ2v) is 8.12. The molecule has 0 spiro atoms. The van der Waals surface area contributed by atoms with E-state index in [1.165, 1.54) is 0 Å². The van der Waals surface area contributed by atoms with Crippen molar-refractivity contribution in [1.29, 1.82) is 0 Å². The molecule has 2 aliphatic heterocycles. The molecule has 5 rings (SSSR count). The fourth-order valence-electron chi connectivity index (χ4n) is 3.89. The lowest BCUT2D eigenvalue weighted by Gasteiger charge is -2.38. The maximum absolute atomic E-state index is 13.3. The SMILES string of the molecule is CC(C)c1cc(C(=O)N2C[C@@H](c3ccccc3)O[C@@H](c3ccc4c(c3)OCO4)C2)on1. The highest BCUT2D eigenvalue weighted by atomic mass is 16.7. The first-order valence-corrected chi connectivity index (χ1v) is 10.4. The fourth-order valence-corrected chi connectivity index (χ4v) is 3.89. The predicted octanol–water partition coefficient (Wildman–Crippen LogP) is 4.48. The fraction of sp³-hybridized carbons (Fsp3) is 0.333. The van der Waals surface area contributed by atoms with Gasteiger partial charge in [0, 0.05) is 6.07 Å². The van der Waals surface area contributed by atoms with Crippen LogP contribution in [0.1, 0.15) is 59.3 Å². The van der Waals surface area contributed by atoms with Crippen molar-refractivity contribution in [3.63, 3.8) is 0 Å². The Bertz CT molecular complexity index is 1080. The zero-order valence-corrected chi connectivity index (χ0v) is 17.5. The van der Waals surface area contributed by atoms with Gasteiger partial charge in [0.05, 0.1) is 18.8 Å². The zero-order chi connectivity index (χ0) is 21.4. The maximum Gasteiger partial charge on any atom is 0.292 e. The van der Waals surface area contributed by atoms with Crippen LogP contribution in [0.3, 0.4) is 0 Å². The Morgan fingerprint density at radius 1 is 0.968 bits per heavy atom. The molecule has 1 aromatic heterocycles. The Hall–Kier alpha value is -3.32. The smallest absolute Gasteiger partial charge is 0.292 e. The third-order valence-corrected chi connectivity index (χ3v) is 5.66. The van der Waals surface area contributed by atoms with E-state index < -0.39 is 0 Å². The number of benzene rings is 2. The minimum atomic E-state index is -0.315. The molecule has 1 fully saturated rings. The van der Waals surface area contributed by atoms with Crippen LogP contribution in [-0.2, 0) is 4.74 Å². The quantitative estimate of drug-likeness (QED) is 0.620. The van der Waals surface area contributed by atoms with Crippen molar-refractivity contribution in [2.45, 2.75) is 32.0 Å². The largest absolute Gasteiger partial charge is 0.454 e. The molecule has 0 saturated carbocycles. The van der Waals surface area contributed by atoms with Gasteiger partial charge in [0.1, 0.15) is 12.2 Å². The molecule has 0 radical (unpaired) electrons. The van der Waals surface area contributed by atoms with Crippen LogP contribution in [0.15, 0.2) is 59.1 Å². The van der Waals surface area contributed by atoms with Crippen molar-refractivity contribution in [3.05, 3.63) is 77.2 Å². The van der Waals surface area contributed by atoms with E-state index >= 15 is 0 Å². The third kappa shape index (κ3) is 3.88. The van der Waals surface area contributed by atoms with Gasteiger partial charge in [0.25, 0.3) is 5.91 Å². The van der Waals surface area contributed by atoms with Crippen LogP contribution in [-0.4, -0.2) is 35.8 Å². The Morgan fingerprint density at radius 2 is 1.71 bits per heavy atom. The van der Waals surface area contributed by atoms with E-state index in [0.717, 1.165) is 22.6 Å². The normalized spacial score (nSPS) is 20.3. The van der Waals surface area contributed by atoms with Gasteiger partial charge in [0.2, 0.25) is 12.6 Å². The van der Waals surface area contributed by atoms with E-state index in [2.05, 4.69) is 5.16 Å². The van der Waals surface area contributed by atoms with Gasteiger partial charge in [-0.3, -0.25) is 4.79 Å². The topological polar surface area (TPSA) is 74.0 Å². The van der Waals surface area contributed by atoms with Crippen LogP contribution in [0.25, 0.3) is 0 Å². The van der Waals surface area contributed by atoms with Crippen molar-refractivity contribution in [2.75, 3.05) is 19.9 Å². The van der Waals surface area contributed by atoms with E-state index in [-0.39, 0.29) is 36.6 Å². The average molecular weight is 420 g/mol. The lowest BCUT2D eigenvalue weighted by Crippen LogP contribution is -2.43. The monoisotopic (exact) mass is 420 g/mol. The van der Waals surface area contributed by atoms with E-state index in [1.807, 2.05) is 62.4 Å². The first-order valence-electron chi connectivity index (χ1n) is 10.4. The van der Waals surface area contributed by atoms with Gasteiger partial charge >= 0.3 is 0 Å². The number of ether oxygens (including phenoxy) is 3. The summed E-state index contributed by atoms with van der Waals surface area (Å²) in [6, 6.07) is 17.4. The molecule has 7 heteroatoms.